The van der Waals surface area contributed by atoms with E-state index in [1.807, 2.05) is 24.4 Å². The van der Waals surface area contributed by atoms with Crippen molar-refractivity contribution in [1.82, 2.24) is 19.9 Å². The first kappa shape index (κ1) is 23.5. The molecule has 0 bridgehead atoms. The van der Waals surface area contributed by atoms with E-state index in [1.165, 1.54) is 0 Å². The molecule has 1 N–H and O–H groups in total. The van der Waals surface area contributed by atoms with Crippen LogP contribution in [0.4, 0.5) is 5.82 Å². The number of pyridine rings is 1. The molecule has 0 aliphatic heterocycles. The summed E-state index contributed by atoms with van der Waals surface area (Å²) in [4.78, 5) is 18.6. The predicted octanol–water partition coefficient (Wildman–Crippen LogP) is 4.43. The molecule has 8 nitrogen and oxygen atoms in total. The zero-order valence-electron chi connectivity index (χ0n) is 19.7. The lowest BCUT2D eigenvalue weighted by molar-refractivity contribution is 0.342. The van der Waals surface area contributed by atoms with Gasteiger partial charge < -0.3 is 14.6 Å². The van der Waals surface area contributed by atoms with Gasteiger partial charge in [0.2, 0.25) is 5.88 Å². The fourth-order valence-corrected chi connectivity index (χ4v) is 7.26. The lowest BCUT2D eigenvalue weighted by Gasteiger charge is -2.35. The first-order chi connectivity index (χ1) is 16.0. The first-order valence-corrected chi connectivity index (χ1v) is 13.5. The topological polar surface area (TPSA) is 96.4 Å². The van der Waals surface area contributed by atoms with Crippen LogP contribution >= 0.6 is 0 Å². The molecule has 4 rings (SSSR count). The maximum atomic E-state index is 13.8. The molecular weight excluding hydrogens is 436 g/mol. The summed E-state index contributed by atoms with van der Waals surface area (Å²) >= 11 is 0. The summed E-state index contributed by atoms with van der Waals surface area (Å²) in [5.41, 5.74) is 1.82. The average molecular weight is 471 g/mol. The van der Waals surface area contributed by atoms with Gasteiger partial charge in [0.25, 0.3) is 0 Å². The number of methoxy groups -OCH3 is 1. The van der Waals surface area contributed by atoms with E-state index < -0.39 is 9.73 Å². The van der Waals surface area contributed by atoms with Crippen molar-refractivity contribution in [2.75, 3.05) is 31.4 Å². The number of aromatic amines is 1. The summed E-state index contributed by atoms with van der Waals surface area (Å²) in [6.45, 7) is 2.72. The molecule has 0 saturated heterocycles. The van der Waals surface area contributed by atoms with Crippen LogP contribution in [0.15, 0.2) is 41.3 Å². The van der Waals surface area contributed by atoms with Crippen molar-refractivity contribution in [2.24, 2.45) is 10.3 Å². The van der Waals surface area contributed by atoms with E-state index in [0.717, 1.165) is 54.5 Å². The van der Waals surface area contributed by atoms with Crippen LogP contribution in [-0.2, 0) is 15.5 Å². The van der Waals surface area contributed by atoms with E-state index in [2.05, 4.69) is 43.2 Å². The third-order valence-corrected chi connectivity index (χ3v) is 8.91. The minimum absolute atomic E-state index is 0.420. The Kier molecular flexibility index (Phi) is 7.47. The molecule has 0 amide bonds. The lowest BCUT2D eigenvalue weighted by Crippen LogP contribution is -2.37. The number of ether oxygens (including phenoxy) is 1. The first-order valence-electron chi connectivity index (χ1n) is 11.7. The summed E-state index contributed by atoms with van der Waals surface area (Å²) in [7, 11) is 1.39. The highest BCUT2D eigenvalue weighted by Crippen LogP contribution is 2.32. The highest BCUT2D eigenvalue weighted by atomic mass is 32.2. The molecule has 1 saturated carbocycles. The fraction of sp³-hybridized carbons (Fsp3) is 0.542. The number of H-pyrrole nitrogens is 1. The van der Waals surface area contributed by atoms with Crippen molar-refractivity contribution in [2.45, 2.75) is 50.8 Å². The van der Waals surface area contributed by atoms with Gasteiger partial charge in [0.05, 0.1) is 28.0 Å². The molecule has 3 heterocycles. The van der Waals surface area contributed by atoms with Gasteiger partial charge in [-0.3, -0.25) is 0 Å². The molecule has 1 aliphatic carbocycles. The Bertz CT molecular complexity index is 1160. The van der Waals surface area contributed by atoms with Gasteiger partial charge in [0, 0.05) is 43.8 Å². The molecule has 0 spiro atoms. The highest BCUT2D eigenvalue weighted by Gasteiger charge is 2.28. The Morgan fingerprint density at radius 3 is 2.70 bits per heavy atom. The maximum absolute atomic E-state index is 13.8. The second-order valence-corrected chi connectivity index (χ2v) is 11.3. The van der Waals surface area contributed by atoms with Crippen molar-refractivity contribution in [3.63, 3.8) is 0 Å². The van der Waals surface area contributed by atoms with Crippen molar-refractivity contribution in [1.29, 1.82) is 0 Å². The minimum Gasteiger partial charge on any atom is -0.481 e. The molecule has 1 unspecified atom stereocenters. The number of nitrogens with one attached hydrogen (secondary N) is 1. The van der Waals surface area contributed by atoms with Crippen molar-refractivity contribution >= 4 is 26.6 Å². The largest absolute Gasteiger partial charge is 0.481 e. The van der Waals surface area contributed by atoms with E-state index in [4.69, 9.17) is 4.74 Å². The Hall–Kier alpha value is -2.68. The monoisotopic (exact) mass is 470 g/mol. The van der Waals surface area contributed by atoms with Crippen LogP contribution in [0.2, 0.25) is 0 Å². The number of aromatic nitrogens is 4. The highest BCUT2D eigenvalue weighted by molar-refractivity contribution is 7.92. The van der Waals surface area contributed by atoms with Crippen LogP contribution in [0.5, 0.6) is 5.88 Å². The molecule has 33 heavy (non-hydrogen) atoms. The average Bonchev–Trinajstić information content (AvgIpc) is 3.32. The number of rotatable bonds is 9. The Balaban J connectivity index is 1.41. The standard InChI is InChI=1S/C24H34N6O2S/c1-4-12-29-33(31,16-19-7-10-22(32-3)26-14-19)15-18-5-8-20(9-6-18)30(2)24-21-11-13-25-23(21)27-17-28-24/h7,10-11,13-14,17-18,20H,4-6,8-9,12,15-16H2,1-3H3,(H,25,27,28). The molecule has 1 atom stereocenters. The summed E-state index contributed by atoms with van der Waals surface area (Å²) in [6, 6.07) is 6.22. The Morgan fingerprint density at radius 1 is 1.18 bits per heavy atom. The molecule has 3 aromatic heterocycles. The number of hydrogen-bond acceptors (Lipinski definition) is 7. The van der Waals surface area contributed by atoms with Crippen LogP contribution < -0.4 is 9.64 Å². The van der Waals surface area contributed by atoms with Crippen molar-refractivity contribution in [3.05, 3.63) is 42.5 Å². The minimum atomic E-state index is -2.33. The van der Waals surface area contributed by atoms with Gasteiger partial charge >= 0.3 is 0 Å². The van der Waals surface area contributed by atoms with Gasteiger partial charge in [-0.1, -0.05) is 13.0 Å². The summed E-state index contributed by atoms with van der Waals surface area (Å²) in [5, 5.41) is 1.05. The van der Waals surface area contributed by atoms with Crippen molar-refractivity contribution < 1.29 is 8.95 Å². The van der Waals surface area contributed by atoms with Gasteiger partial charge in [-0.25, -0.2) is 23.5 Å². The van der Waals surface area contributed by atoms with Crippen molar-refractivity contribution in [3.8, 4) is 5.88 Å². The molecule has 0 radical (unpaired) electrons. The second-order valence-electron chi connectivity index (χ2n) is 8.87. The van der Waals surface area contributed by atoms with Gasteiger partial charge in [-0.15, -0.1) is 0 Å². The quantitative estimate of drug-likeness (QED) is 0.497. The SMILES string of the molecule is CCCN=S(=O)(Cc1ccc(OC)nc1)CC1CCC(N(C)c2ncnc3[nH]ccc23)CC1. The third-order valence-electron chi connectivity index (χ3n) is 6.48. The van der Waals surface area contributed by atoms with Crippen LogP contribution in [0.1, 0.15) is 44.6 Å². The Labute approximate surface area is 196 Å². The number of hydrogen-bond donors (Lipinski definition) is 1. The number of anilines is 1. The zero-order chi connectivity index (χ0) is 23.3. The predicted molar refractivity (Wildman–Crippen MR) is 133 cm³/mol. The van der Waals surface area contributed by atoms with E-state index >= 15 is 0 Å². The molecule has 0 aromatic carbocycles. The number of fused-ring (bicyclic) bond motifs is 1. The van der Waals surface area contributed by atoms with E-state index in [-0.39, 0.29) is 0 Å². The van der Waals surface area contributed by atoms with Gasteiger partial charge in [0.15, 0.2) is 0 Å². The molecule has 3 aromatic rings. The van der Waals surface area contributed by atoms with Crippen LogP contribution in [0.25, 0.3) is 11.0 Å². The van der Waals surface area contributed by atoms with Crippen LogP contribution in [-0.4, -0.2) is 56.6 Å². The Morgan fingerprint density at radius 2 is 2.00 bits per heavy atom. The molecule has 9 heteroatoms. The van der Waals surface area contributed by atoms with Crippen LogP contribution in [0, 0.1) is 5.92 Å². The number of nitrogens with zero attached hydrogens (tertiary/aromatic N) is 5. The van der Waals surface area contributed by atoms with E-state index in [0.29, 0.717) is 35.9 Å². The third kappa shape index (κ3) is 5.63. The molecule has 1 aliphatic rings. The summed E-state index contributed by atoms with van der Waals surface area (Å²) in [5.74, 6) is 3.07. The van der Waals surface area contributed by atoms with E-state index in [1.54, 1.807) is 19.6 Å². The fourth-order valence-electron chi connectivity index (χ4n) is 4.67. The normalized spacial score (nSPS) is 20.3. The second kappa shape index (κ2) is 10.5. The van der Waals surface area contributed by atoms with Gasteiger partial charge in [-0.05, 0) is 49.7 Å². The molecular formula is C24H34N6O2S. The maximum Gasteiger partial charge on any atom is 0.212 e. The molecule has 178 valence electrons. The van der Waals surface area contributed by atoms with Crippen LogP contribution in [0.3, 0.4) is 0 Å². The molecule has 1 fully saturated rings. The van der Waals surface area contributed by atoms with Gasteiger partial charge in [-0.2, -0.15) is 0 Å². The zero-order valence-corrected chi connectivity index (χ0v) is 20.6. The summed E-state index contributed by atoms with van der Waals surface area (Å²) < 4.78 is 23.7. The van der Waals surface area contributed by atoms with Gasteiger partial charge in [0.1, 0.15) is 17.8 Å². The smallest absolute Gasteiger partial charge is 0.212 e. The lowest BCUT2D eigenvalue weighted by atomic mass is 9.86. The summed E-state index contributed by atoms with van der Waals surface area (Å²) in [6.07, 6.45) is 10.4. The van der Waals surface area contributed by atoms with E-state index in [9.17, 15) is 4.21 Å².